The molecule has 0 rings (SSSR count). The third-order valence-electron chi connectivity index (χ3n) is 2.85. The van der Waals surface area contributed by atoms with E-state index in [4.69, 9.17) is 0 Å². The molecule has 0 aromatic rings. The fourth-order valence-electron chi connectivity index (χ4n) is 1.71. The third kappa shape index (κ3) is 6.33. The first kappa shape index (κ1) is 14.2. The SMILES string of the molecule is C=CC(C)C[C](C)C(C=C)CCC(=C)C. The van der Waals surface area contributed by atoms with Crippen LogP contribution in [-0.2, 0) is 0 Å². The first-order valence-electron chi connectivity index (χ1n) is 5.73. The summed E-state index contributed by atoms with van der Waals surface area (Å²) in [5.41, 5.74) is 1.26. The lowest BCUT2D eigenvalue weighted by atomic mass is 9.83. The van der Waals surface area contributed by atoms with Crippen LogP contribution in [-0.4, -0.2) is 0 Å². The molecule has 15 heavy (non-hydrogen) atoms. The normalized spacial score (nSPS) is 14.7. The second kappa shape index (κ2) is 7.50. The van der Waals surface area contributed by atoms with Crippen LogP contribution in [0.25, 0.3) is 0 Å². The summed E-state index contributed by atoms with van der Waals surface area (Å²) in [5, 5.41) is 0. The summed E-state index contributed by atoms with van der Waals surface area (Å²) in [6.07, 6.45) is 7.44. The minimum absolute atomic E-state index is 0.532. The maximum atomic E-state index is 3.94. The van der Waals surface area contributed by atoms with Crippen LogP contribution in [0.15, 0.2) is 37.5 Å². The molecule has 2 unspecified atom stereocenters. The topological polar surface area (TPSA) is 0 Å². The maximum Gasteiger partial charge on any atom is -0.0173 e. The van der Waals surface area contributed by atoms with E-state index in [2.05, 4.69) is 46.6 Å². The molecular weight excluding hydrogens is 180 g/mol. The predicted molar refractivity (Wildman–Crippen MR) is 70.6 cm³/mol. The number of allylic oxidation sites excluding steroid dienone is 3. The van der Waals surface area contributed by atoms with E-state index in [1.54, 1.807) is 0 Å². The van der Waals surface area contributed by atoms with Crippen LogP contribution >= 0.6 is 0 Å². The minimum Gasteiger partial charge on any atom is -0.103 e. The Labute approximate surface area is 95.8 Å². The van der Waals surface area contributed by atoms with Gasteiger partial charge in [-0.2, -0.15) is 0 Å². The van der Waals surface area contributed by atoms with Crippen LogP contribution in [0.4, 0.5) is 0 Å². The Morgan fingerprint density at radius 2 is 1.80 bits per heavy atom. The first-order valence-corrected chi connectivity index (χ1v) is 5.73. The molecule has 85 valence electrons. The molecule has 0 heteroatoms. The van der Waals surface area contributed by atoms with Crippen molar-refractivity contribution in [3.63, 3.8) is 0 Å². The highest BCUT2D eigenvalue weighted by atomic mass is 14.2. The average molecular weight is 205 g/mol. The van der Waals surface area contributed by atoms with Crippen molar-refractivity contribution < 1.29 is 0 Å². The van der Waals surface area contributed by atoms with Crippen LogP contribution in [0, 0.1) is 17.8 Å². The third-order valence-corrected chi connectivity index (χ3v) is 2.85. The lowest BCUT2D eigenvalue weighted by Crippen LogP contribution is -2.10. The fraction of sp³-hybridized carbons (Fsp3) is 0.533. The Kier molecular flexibility index (Phi) is 7.11. The summed E-state index contributed by atoms with van der Waals surface area (Å²) in [6.45, 7) is 18.2. The molecule has 0 saturated heterocycles. The molecule has 0 aliphatic carbocycles. The molecule has 0 nitrogen and oxygen atoms in total. The van der Waals surface area contributed by atoms with E-state index in [9.17, 15) is 0 Å². The van der Waals surface area contributed by atoms with Gasteiger partial charge < -0.3 is 0 Å². The average Bonchev–Trinajstić information content (AvgIpc) is 2.18. The molecule has 0 aliphatic heterocycles. The van der Waals surface area contributed by atoms with Crippen molar-refractivity contribution >= 4 is 0 Å². The van der Waals surface area contributed by atoms with Gasteiger partial charge in [0, 0.05) is 0 Å². The van der Waals surface area contributed by atoms with Gasteiger partial charge in [0.2, 0.25) is 0 Å². The van der Waals surface area contributed by atoms with Gasteiger partial charge >= 0.3 is 0 Å². The summed E-state index contributed by atoms with van der Waals surface area (Å²) < 4.78 is 0. The van der Waals surface area contributed by atoms with E-state index in [0.29, 0.717) is 11.8 Å². The maximum absolute atomic E-state index is 3.94. The standard InChI is InChI=1S/C15H25/c1-7-13(5)11-14(6)15(8-2)10-9-12(3)4/h7-8,13,15H,1-3,9-11H2,4-6H3. The van der Waals surface area contributed by atoms with E-state index < -0.39 is 0 Å². The van der Waals surface area contributed by atoms with Crippen LogP contribution in [0.2, 0.25) is 0 Å². The van der Waals surface area contributed by atoms with Crippen molar-refractivity contribution in [2.45, 2.75) is 40.0 Å². The zero-order valence-electron chi connectivity index (χ0n) is 10.6. The van der Waals surface area contributed by atoms with Crippen molar-refractivity contribution in [3.05, 3.63) is 43.4 Å². The van der Waals surface area contributed by atoms with Gasteiger partial charge in [0.1, 0.15) is 0 Å². The monoisotopic (exact) mass is 205 g/mol. The molecule has 0 spiro atoms. The molecule has 0 heterocycles. The van der Waals surface area contributed by atoms with Gasteiger partial charge in [-0.3, -0.25) is 0 Å². The molecule has 0 amide bonds. The summed E-state index contributed by atoms with van der Waals surface area (Å²) in [4.78, 5) is 0. The molecule has 0 aromatic carbocycles. The number of rotatable bonds is 8. The summed E-state index contributed by atoms with van der Waals surface area (Å²) in [7, 11) is 0. The second-order valence-electron chi connectivity index (χ2n) is 4.60. The largest absolute Gasteiger partial charge is 0.103 e. The summed E-state index contributed by atoms with van der Waals surface area (Å²) in [6, 6.07) is 0. The van der Waals surface area contributed by atoms with Gasteiger partial charge in [0.05, 0.1) is 0 Å². The highest BCUT2D eigenvalue weighted by Crippen LogP contribution is 2.28. The Morgan fingerprint density at radius 3 is 2.20 bits per heavy atom. The number of hydrogen-bond donors (Lipinski definition) is 0. The van der Waals surface area contributed by atoms with Gasteiger partial charge in [-0.25, -0.2) is 0 Å². The quantitative estimate of drug-likeness (QED) is 0.492. The Balaban J connectivity index is 4.08. The Hall–Kier alpha value is -0.780. The lowest BCUT2D eigenvalue weighted by molar-refractivity contribution is 0.525. The first-order chi connectivity index (χ1) is 7.01. The predicted octanol–water partition coefficient (Wildman–Crippen LogP) is 4.95. The molecule has 0 bridgehead atoms. The molecule has 0 fully saturated rings. The fourth-order valence-corrected chi connectivity index (χ4v) is 1.71. The molecular formula is C15H25. The summed E-state index contributed by atoms with van der Waals surface area (Å²) in [5.74, 6) is 2.61. The molecule has 2 atom stereocenters. The van der Waals surface area contributed by atoms with Crippen molar-refractivity contribution in [2.75, 3.05) is 0 Å². The van der Waals surface area contributed by atoms with E-state index in [0.717, 1.165) is 19.3 Å². The lowest BCUT2D eigenvalue weighted by Gasteiger charge is -2.22. The van der Waals surface area contributed by atoms with E-state index in [-0.39, 0.29) is 0 Å². The van der Waals surface area contributed by atoms with Crippen LogP contribution < -0.4 is 0 Å². The van der Waals surface area contributed by atoms with Crippen molar-refractivity contribution in [1.82, 2.24) is 0 Å². The van der Waals surface area contributed by atoms with E-state index in [1.807, 2.05) is 6.08 Å². The van der Waals surface area contributed by atoms with Gasteiger partial charge in [-0.05, 0) is 43.9 Å². The number of hydrogen-bond acceptors (Lipinski definition) is 0. The van der Waals surface area contributed by atoms with Gasteiger partial charge in [-0.1, -0.05) is 31.6 Å². The zero-order chi connectivity index (χ0) is 11.8. The molecule has 0 aromatic heterocycles. The van der Waals surface area contributed by atoms with Crippen LogP contribution in [0.5, 0.6) is 0 Å². The highest BCUT2D eigenvalue weighted by Gasteiger charge is 2.15. The van der Waals surface area contributed by atoms with E-state index in [1.165, 1.54) is 11.5 Å². The summed E-state index contributed by atoms with van der Waals surface area (Å²) >= 11 is 0. The van der Waals surface area contributed by atoms with Crippen LogP contribution in [0.1, 0.15) is 40.0 Å². The van der Waals surface area contributed by atoms with Crippen molar-refractivity contribution in [2.24, 2.45) is 11.8 Å². The van der Waals surface area contributed by atoms with Crippen molar-refractivity contribution in [1.29, 1.82) is 0 Å². The van der Waals surface area contributed by atoms with Crippen LogP contribution in [0.3, 0.4) is 0 Å². The van der Waals surface area contributed by atoms with Gasteiger partial charge in [-0.15, -0.1) is 19.7 Å². The second-order valence-corrected chi connectivity index (χ2v) is 4.60. The van der Waals surface area contributed by atoms with Gasteiger partial charge in [0.15, 0.2) is 0 Å². The Morgan fingerprint density at radius 1 is 1.20 bits per heavy atom. The molecule has 0 aliphatic rings. The smallest absolute Gasteiger partial charge is 0.0173 e. The highest BCUT2D eigenvalue weighted by molar-refractivity contribution is 5.04. The Bertz CT molecular complexity index is 212. The minimum atomic E-state index is 0.532. The molecule has 1 radical (unpaired) electrons. The van der Waals surface area contributed by atoms with Crippen molar-refractivity contribution in [3.8, 4) is 0 Å². The molecule has 0 N–H and O–H groups in total. The zero-order valence-corrected chi connectivity index (χ0v) is 10.6. The van der Waals surface area contributed by atoms with Gasteiger partial charge in [0.25, 0.3) is 0 Å². The van der Waals surface area contributed by atoms with E-state index >= 15 is 0 Å². The molecule has 0 saturated carbocycles.